The average molecular weight is 328 g/mol. The molecule has 2 N–H and O–H groups in total. The van der Waals surface area contributed by atoms with E-state index in [2.05, 4.69) is 5.32 Å². The minimum absolute atomic E-state index is 0.176. The summed E-state index contributed by atoms with van der Waals surface area (Å²) in [7, 11) is 0. The van der Waals surface area contributed by atoms with Crippen molar-refractivity contribution in [3.05, 3.63) is 0 Å². The molecule has 0 radical (unpaired) electrons. The fraction of sp³-hybridized carbons (Fsp3) is 0.824. The van der Waals surface area contributed by atoms with Gasteiger partial charge in [0.15, 0.2) is 5.96 Å². The maximum atomic E-state index is 12.1. The van der Waals surface area contributed by atoms with Crippen LogP contribution in [0.25, 0.3) is 0 Å². The lowest BCUT2D eigenvalue weighted by molar-refractivity contribution is -0.150. The van der Waals surface area contributed by atoms with E-state index >= 15 is 0 Å². The zero-order valence-electron chi connectivity index (χ0n) is 17.2. The minimum Gasteiger partial charge on any atom is -0.461 e. The molecule has 0 aliphatic carbocycles. The SMILES string of the molecule is [2H]C([2H])([2H])N1CC(=O)O[C@H](C)[C@@H](C)CCCCCCCCC(=O)NC1=N. The summed E-state index contributed by atoms with van der Waals surface area (Å²) in [5.41, 5.74) is 0. The molecule has 6 nitrogen and oxygen atoms in total. The maximum Gasteiger partial charge on any atom is 0.325 e. The Morgan fingerprint density at radius 3 is 2.52 bits per heavy atom. The van der Waals surface area contributed by atoms with Crippen LogP contribution in [0.3, 0.4) is 0 Å². The number of likely N-dealkylation sites (N-methyl/N-ethyl adjacent to an activating group) is 1. The first-order valence-electron chi connectivity index (χ1n) is 9.96. The van der Waals surface area contributed by atoms with E-state index in [9.17, 15) is 9.59 Å². The number of guanidine groups is 1. The number of hydrogen-bond donors (Lipinski definition) is 2. The lowest BCUT2D eigenvalue weighted by atomic mass is 9.97. The largest absolute Gasteiger partial charge is 0.461 e. The van der Waals surface area contributed by atoms with Crippen LogP contribution in [0.4, 0.5) is 0 Å². The molecule has 0 aromatic carbocycles. The van der Waals surface area contributed by atoms with E-state index in [0.29, 0.717) is 11.3 Å². The molecule has 0 spiro atoms. The van der Waals surface area contributed by atoms with Gasteiger partial charge < -0.3 is 9.64 Å². The van der Waals surface area contributed by atoms with Crippen molar-refractivity contribution in [2.75, 3.05) is 13.5 Å². The summed E-state index contributed by atoms with van der Waals surface area (Å²) in [5, 5.41) is 10.2. The molecule has 0 aromatic rings. The highest BCUT2D eigenvalue weighted by molar-refractivity contribution is 5.96. The lowest BCUT2D eigenvalue weighted by Gasteiger charge is -2.23. The zero-order chi connectivity index (χ0) is 19.7. The van der Waals surface area contributed by atoms with Crippen LogP contribution in [0.2, 0.25) is 0 Å². The highest BCUT2D eigenvalue weighted by Crippen LogP contribution is 2.17. The number of cyclic esters (lactones) is 1. The van der Waals surface area contributed by atoms with Crippen LogP contribution < -0.4 is 5.32 Å². The fourth-order valence-corrected chi connectivity index (χ4v) is 2.52. The topological polar surface area (TPSA) is 82.5 Å². The van der Waals surface area contributed by atoms with E-state index in [-0.39, 0.29) is 18.4 Å². The van der Waals surface area contributed by atoms with E-state index in [0.717, 1.165) is 38.5 Å². The van der Waals surface area contributed by atoms with Crippen molar-refractivity contribution >= 4 is 17.8 Å². The number of nitrogens with one attached hydrogen (secondary N) is 2. The second-order valence-electron chi connectivity index (χ2n) is 6.32. The Kier molecular flexibility index (Phi) is 6.66. The van der Waals surface area contributed by atoms with E-state index in [1.165, 1.54) is 0 Å². The van der Waals surface area contributed by atoms with Crippen molar-refractivity contribution in [2.24, 2.45) is 5.92 Å². The van der Waals surface area contributed by atoms with Gasteiger partial charge in [-0.25, -0.2) is 0 Å². The van der Waals surface area contributed by atoms with Crippen LogP contribution in [0, 0.1) is 11.3 Å². The van der Waals surface area contributed by atoms with E-state index < -0.39 is 31.4 Å². The highest BCUT2D eigenvalue weighted by atomic mass is 16.5. The first-order valence-corrected chi connectivity index (χ1v) is 8.46. The van der Waals surface area contributed by atoms with Crippen LogP contribution in [0.15, 0.2) is 0 Å². The van der Waals surface area contributed by atoms with Crippen molar-refractivity contribution in [2.45, 2.75) is 71.3 Å². The molecule has 1 aliphatic heterocycles. The van der Waals surface area contributed by atoms with Crippen LogP contribution in [0.1, 0.15) is 69.3 Å². The predicted octanol–water partition coefficient (Wildman–Crippen LogP) is 2.67. The van der Waals surface area contributed by atoms with E-state index in [1.807, 2.05) is 6.92 Å². The number of carbonyl (C=O) groups is 2. The Morgan fingerprint density at radius 1 is 1.17 bits per heavy atom. The number of hydrogen-bond acceptors (Lipinski definition) is 4. The molecule has 1 saturated heterocycles. The summed E-state index contributed by atoms with van der Waals surface area (Å²) in [4.78, 5) is 24.6. The van der Waals surface area contributed by atoms with Gasteiger partial charge in [-0.15, -0.1) is 0 Å². The Hall–Kier alpha value is -1.59. The molecule has 1 heterocycles. The first kappa shape index (κ1) is 15.0. The van der Waals surface area contributed by atoms with Gasteiger partial charge in [0, 0.05) is 17.5 Å². The molecule has 0 aromatic heterocycles. The van der Waals surface area contributed by atoms with Crippen molar-refractivity contribution in [3.8, 4) is 0 Å². The molecule has 0 saturated carbocycles. The van der Waals surface area contributed by atoms with Gasteiger partial charge in [-0.2, -0.15) is 0 Å². The Morgan fingerprint density at radius 2 is 1.83 bits per heavy atom. The Labute approximate surface area is 143 Å². The predicted molar refractivity (Wildman–Crippen MR) is 90.2 cm³/mol. The number of esters is 1. The third-order valence-corrected chi connectivity index (χ3v) is 4.25. The smallest absolute Gasteiger partial charge is 0.325 e. The van der Waals surface area contributed by atoms with Gasteiger partial charge in [-0.05, 0) is 25.7 Å². The third kappa shape index (κ3) is 8.00. The molecule has 132 valence electrons. The minimum atomic E-state index is -2.72. The number of ether oxygens (including phenoxy) is 1. The van der Waals surface area contributed by atoms with Gasteiger partial charge in [-0.3, -0.25) is 20.3 Å². The van der Waals surface area contributed by atoms with Crippen molar-refractivity contribution in [1.82, 2.24) is 10.2 Å². The van der Waals surface area contributed by atoms with Crippen LogP contribution in [0.5, 0.6) is 0 Å². The van der Waals surface area contributed by atoms with Gasteiger partial charge in [0.05, 0.1) is 0 Å². The molecule has 6 heteroatoms. The summed E-state index contributed by atoms with van der Waals surface area (Å²) in [6, 6.07) is 0. The van der Waals surface area contributed by atoms with Crippen LogP contribution >= 0.6 is 0 Å². The molecule has 1 fully saturated rings. The fourth-order valence-electron chi connectivity index (χ4n) is 2.52. The molecule has 0 unspecified atom stereocenters. The maximum absolute atomic E-state index is 12.1. The van der Waals surface area contributed by atoms with Crippen LogP contribution in [-0.4, -0.2) is 42.4 Å². The Bertz CT molecular complexity index is 497. The average Bonchev–Trinajstić information content (AvgIpc) is 2.52. The molecule has 1 rings (SSSR count). The molecular formula is C17H31N3O3. The summed E-state index contributed by atoms with van der Waals surface area (Å²) < 4.78 is 27.9. The number of nitrogens with zero attached hydrogens (tertiary/aromatic N) is 1. The van der Waals surface area contributed by atoms with E-state index in [1.54, 1.807) is 6.92 Å². The molecule has 2 atom stereocenters. The molecule has 23 heavy (non-hydrogen) atoms. The van der Waals surface area contributed by atoms with Crippen molar-refractivity contribution in [3.63, 3.8) is 0 Å². The molecular weight excluding hydrogens is 294 g/mol. The van der Waals surface area contributed by atoms with Crippen molar-refractivity contribution < 1.29 is 18.4 Å². The van der Waals surface area contributed by atoms with E-state index in [4.69, 9.17) is 14.3 Å². The zero-order valence-corrected chi connectivity index (χ0v) is 14.2. The van der Waals surface area contributed by atoms with Crippen LogP contribution in [-0.2, 0) is 14.3 Å². The summed E-state index contributed by atoms with van der Waals surface area (Å²) >= 11 is 0. The monoisotopic (exact) mass is 328 g/mol. The molecule has 1 amide bonds. The second-order valence-corrected chi connectivity index (χ2v) is 6.32. The highest BCUT2D eigenvalue weighted by Gasteiger charge is 2.19. The molecule has 0 bridgehead atoms. The molecule has 1 aliphatic rings. The first-order chi connectivity index (χ1) is 12.1. The second kappa shape index (κ2) is 10.2. The summed E-state index contributed by atoms with van der Waals surface area (Å²) in [5.74, 6) is -1.56. The third-order valence-electron chi connectivity index (χ3n) is 4.25. The number of amides is 1. The van der Waals surface area contributed by atoms with Gasteiger partial charge in [0.1, 0.15) is 12.6 Å². The Balaban J connectivity index is 2.84. The standard InChI is InChI=1S/C17H31N3O3/c1-13-10-8-6-4-5-7-9-11-15(21)19-17(18)20(3)12-16(22)23-14(13)2/h13-14H,4-12H2,1-3H3,(H2,18,19,21)/t13-,14+/m0/s1/i3D3. The summed E-state index contributed by atoms with van der Waals surface area (Å²) in [6.45, 7) is 0.479. The number of rotatable bonds is 0. The normalized spacial score (nSPS) is 29.6. The number of carbonyl (C=O) groups excluding carboxylic acids is 2. The van der Waals surface area contributed by atoms with Crippen molar-refractivity contribution in [1.29, 1.82) is 5.41 Å². The van der Waals surface area contributed by atoms with Gasteiger partial charge in [-0.1, -0.05) is 39.0 Å². The summed E-state index contributed by atoms with van der Waals surface area (Å²) in [6.07, 6.45) is 6.77. The quantitative estimate of drug-likeness (QED) is 0.670. The lowest BCUT2D eigenvalue weighted by Crippen LogP contribution is -2.44. The van der Waals surface area contributed by atoms with Gasteiger partial charge in [0.25, 0.3) is 0 Å². The van der Waals surface area contributed by atoms with Gasteiger partial charge >= 0.3 is 5.97 Å². The van der Waals surface area contributed by atoms with Gasteiger partial charge in [0.2, 0.25) is 5.91 Å².